The van der Waals surface area contributed by atoms with Crippen molar-refractivity contribution in [1.29, 1.82) is 0 Å². The molecule has 0 radical (unpaired) electrons. The third-order valence-corrected chi connectivity index (χ3v) is 3.27. The molecule has 0 saturated heterocycles. The van der Waals surface area contributed by atoms with Gasteiger partial charge in [0, 0.05) is 13.7 Å². The highest BCUT2D eigenvalue weighted by molar-refractivity contribution is 5.82. The minimum atomic E-state index is -0.584. The number of phenols is 1. The SMILES string of the molecule is CCN(C(=O)[C@H](N)Cc1ccc(O)cc1)C(C)COC. The molecular weight excluding hydrogens is 256 g/mol. The van der Waals surface area contributed by atoms with Crippen LogP contribution in [0.25, 0.3) is 0 Å². The quantitative estimate of drug-likeness (QED) is 0.785. The van der Waals surface area contributed by atoms with Crippen molar-refractivity contribution in [2.45, 2.75) is 32.4 Å². The van der Waals surface area contributed by atoms with E-state index in [9.17, 15) is 9.90 Å². The lowest BCUT2D eigenvalue weighted by Crippen LogP contribution is -2.49. The molecule has 2 atom stereocenters. The summed E-state index contributed by atoms with van der Waals surface area (Å²) in [5, 5.41) is 9.24. The number of benzene rings is 1. The van der Waals surface area contributed by atoms with Crippen molar-refractivity contribution in [3.8, 4) is 5.75 Å². The van der Waals surface area contributed by atoms with Gasteiger partial charge in [-0.15, -0.1) is 0 Å². The van der Waals surface area contributed by atoms with E-state index in [0.29, 0.717) is 19.6 Å². The third-order valence-electron chi connectivity index (χ3n) is 3.27. The lowest BCUT2D eigenvalue weighted by atomic mass is 10.0. The Morgan fingerprint density at radius 1 is 1.40 bits per heavy atom. The first kappa shape index (κ1) is 16.5. The number of likely N-dealkylation sites (N-methyl/N-ethyl adjacent to an activating group) is 1. The summed E-state index contributed by atoms with van der Waals surface area (Å²) in [5.74, 6) is 0.127. The molecule has 1 unspecified atom stereocenters. The standard InChI is InChI=1S/C15H24N2O3/c1-4-17(11(2)10-20-3)15(19)14(16)9-12-5-7-13(18)8-6-12/h5-8,11,14,18H,4,9-10,16H2,1-3H3/t11?,14-/m1/s1. The number of carbonyl (C=O) groups is 1. The molecule has 1 aromatic carbocycles. The zero-order valence-electron chi connectivity index (χ0n) is 12.4. The summed E-state index contributed by atoms with van der Waals surface area (Å²) in [5.41, 5.74) is 6.93. The maximum absolute atomic E-state index is 12.4. The molecule has 0 bridgehead atoms. The molecule has 1 amide bonds. The van der Waals surface area contributed by atoms with Crippen molar-refractivity contribution in [1.82, 2.24) is 4.90 Å². The minimum Gasteiger partial charge on any atom is -0.508 e. The Morgan fingerprint density at radius 3 is 2.50 bits per heavy atom. The number of phenolic OH excluding ortho intramolecular Hbond substituents is 1. The first-order chi connectivity index (χ1) is 9.49. The molecular formula is C15H24N2O3. The predicted octanol–water partition coefficient (Wildman–Crippen LogP) is 1.15. The Kier molecular flexibility index (Phi) is 6.48. The molecule has 0 fully saturated rings. The van der Waals surface area contributed by atoms with Crippen LogP contribution in [0.4, 0.5) is 0 Å². The highest BCUT2D eigenvalue weighted by Gasteiger charge is 2.24. The van der Waals surface area contributed by atoms with Gasteiger partial charge in [-0.2, -0.15) is 0 Å². The minimum absolute atomic E-state index is 0.00312. The van der Waals surface area contributed by atoms with E-state index >= 15 is 0 Å². The lowest BCUT2D eigenvalue weighted by Gasteiger charge is -2.30. The molecule has 5 heteroatoms. The van der Waals surface area contributed by atoms with E-state index in [4.69, 9.17) is 10.5 Å². The molecule has 0 spiro atoms. The van der Waals surface area contributed by atoms with E-state index in [1.54, 1.807) is 36.3 Å². The topological polar surface area (TPSA) is 75.8 Å². The number of hydrogen-bond acceptors (Lipinski definition) is 4. The van der Waals surface area contributed by atoms with Gasteiger partial charge in [-0.25, -0.2) is 0 Å². The summed E-state index contributed by atoms with van der Waals surface area (Å²) >= 11 is 0. The Hall–Kier alpha value is -1.59. The number of methoxy groups -OCH3 is 1. The monoisotopic (exact) mass is 280 g/mol. The van der Waals surface area contributed by atoms with Crippen molar-refractivity contribution >= 4 is 5.91 Å². The Balaban J connectivity index is 2.67. The normalized spacial score (nSPS) is 13.8. The smallest absolute Gasteiger partial charge is 0.240 e. The number of hydrogen-bond donors (Lipinski definition) is 2. The summed E-state index contributed by atoms with van der Waals surface area (Å²) in [6.45, 7) is 4.97. The lowest BCUT2D eigenvalue weighted by molar-refractivity contribution is -0.135. The summed E-state index contributed by atoms with van der Waals surface area (Å²) in [7, 11) is 1.62. The van der Waals surface area contributed by atoms with Gasteiger partial charge in [0.25, 0.3) is 0 Å². The molecule has 0 aromatic heterocycles. The molecule has 0 heterocycles. The zero-order valence-corrected chi connectivity index (χ0v) is 12.4. The van der Waals surface area contributed by atoms with E-state index in [2.05, 4.69) is 0 Å². The summed E-state index contributed by atoms with van der Waals surface area (Å²) in [4.78, 5) is 14.1. The zero-order chi connectivity index (χ0) is 15.1. The number of carbonyl (C=O) groups excluding carboxylic acids is 1. The molecule has 0 aliphatic heterocycles. The number of amides is 1. The van der Waals surface area contributed by atoms with E-state index in [1.807, 2.05) is 13.8 Å². The van der Waals surface area contributed by atoms with Gasteiger partial charge in [-0.05, 0) is 38.0 Å². The van der Waals surface area contributed by atoms with E-state index < -0.39 is 6.04 Å². The highest BCUT2D eigenvalue weighted by Crippen LogP contribution is 2.12. The van der Waals surface area contributed by atoms with E-state index in [1.165, 1.54) is 0 Å². The van der Waals surface area contributed by atoms with Crippen LogP contribution in [0.3, 0.4) is 0 Å². The van der Waals surface area contributed by atoms with E-state index in [0.717, 1.165) is 5.56 Å². The van der Waals surface area contributed by atoms with Gasteiger partial charge in [0.2, 0.25) is 5.91 Å². The van der Waals surface area contributed by atoms with Gasteiger partial charge >= 0.3 is 0 Å². The highest BCUT2D eigenvalue weighted by atomic mass is 16.5. The maximum atomic E-state index is 12.4. The molecule has 0 aliphatic carbocycles. The first-order valence-corrected chi connectivity index (χ1v) is 6.82. The summed E-state index contributed by atoms with van der Waals surface area (Å²) < 4.78 is 5.09. The second-order valence-electron chi connectivity index (χ2n) is 4.91. The van der Waals surface area contributed by atoms with Gasteiger partial charge in [0.1, 0.15) is 5.75 Å². The van der Waals surface area contributed by atoms with Crippen molar-refractivity contribution in [3.05, 3.63) is 29.8 Å². The first-order valence-electron chi connectivity index (χ1n) is 6.82. The molecule has 20 heavy (non-hydrogen) atoms. The number of rotatable bonds is 7. The van der Waals surface area contributed by atoms with Crippen molar-refractivity contribution in [3.63, 3.8) is 0 Å². The average molecular weight is 280 g/mol. The van der Waals surface area contributed by atoms with Crippen LogP contribution in [-0.2, 0) is 16.0 Å². The van der Waals surface area contributed by atoms with Gasteiger partial charge in [-0.1, -0.05) is 12.1 Å². The number of aromatic hydroxyl groups is 1. The summed E-state index contributed by atoms with van der Waals surface area (Å²) in [6, 6.07) is 6.16. The number of nitrogens with zero attached hydrogens (tertiary/aromatic N) is 1. The molecule has 5 nitrogen and oxygen atoms in total. The van der Waals surface area contributed by atoms with Crippen LogP contribution in [0.15, 0.2) is 24.3 Å². The molecule has 1 rings (SSSR count). The van der Waals surface area contributed by atoms with E-state index in [-0.39, 0.29) is 17.7 Å². The van der Waals surface area contributed by atoms with Gasteiger partial charge in [0.15, 0.2) is 0 Å². The van der Waals surface area contributed by atoms with Crippen LogP contribution in [0.1, 0.15) is 19.4 Å². The molecule has 3 N–H and O–H groups in total. The third kappa shape index (κ3) is 4.51. The van der Waals surface area contributed by atoms with Crippen LogP contribution in [0.5, 0.6) is 5.75 Å². The molecule has 0 aliphatic rings. The Labute approximate surface area is 120 Å². The molecule has 0 saturated carbocycles. The maximum Gasteiger partial charge on any atom is 0.240 e. The van der Waals surface area contributed by atoms with Crippen molar-refractivity contribution in [2.75, 3.05) is 20.3 Å². The average Bonchev–Trinajstić information content (AvgIpc) is 2.42. The van der Waals surface area contributed by atoms with Gasteiger partial charge in [-0.3, -0.25) is 4.79 Å². The van der Waals surface area contributed by atoms with Crippen LogP contribution in [0, 0.1) is 0 Å². The van der Waals surface area contributed by atoms with Gasteiger partial charge in [0.05, 0.1) is 18.7 Å². The predicted molar refractivity (Wildman–Crippen MR) is 78.5 cm³/mol. The van der Waals surface area contributed by atoms with Crippen LogP contribution >= 0.6 is 0 Å². The molecule has 1 aromatic rings. The largest absolute Gasteiger partial charge is 0.508 e. The Bertz CT molecular complexity index is 420. The second kappa shape index (κ2) is 7.87. The van der Waals surface area contributed by atoms with Crippen molar-refractivity contribution in [2.24, 2.45) is 5.73 Å². The number of nitrogens with two attached hydrogens (primary N) is 1. The Morgan fingerprint density at radius 2 is 2.00 bits per heavy atom. The second-order valence-corrected chi connectivity index (χ2v) is 4.91. The van der Waals surface area contributed by atoms with Crippen molar-refractivity contribution < 1.29 is 14.6 Å². The van der Waals surface area contributed by atoms with Gasteiger partial charge < -0.3 is 20.5 Å². The van der Waals surface area contributed by atoms with Crippen LogP contribution in [0.2, 0.25) is 0 Å². The summed E-state index contributed by atoms with van der Waals surface area (Å²) in [6.07, 6.45) is 0.454. The molecule has 112 valence electrons. The fourth-order valence-electron chi connectivity index (χ4n) is 2.20. The number of ether oxygens (including phenoxy) is 1. The van der Waals surface area contributed by atoms with Crippen LogP contribution < -0.4 is 5.73 Å². The fourth-order valence-corrected chi connectivity index (χ4v) is 2.20. The van der Waals surface area contributed by atoms with Crippen LogP contribution in [-0.4, -0.2) is 48.3 Å². The fraction of sp³-hybridized carbons (Fsp3) is 0.533.